The van der Waals surface area contributed by atoms with Gasteiger partial charge in [0, 0.05) is 25.7 Å². The maximum Gasteiger partial charge on any atom is 0.472 e. The number of aliphatic hydroxyl groups is 1. The highest BCUT2D eigenvalue weighted by atomic mass is 31.2. The van der Waals surface area contributed by atoms with Crippen molar-refractivity contribution in [2.24, 2.45) is 5.92 Å². The molecule has 0 aliphatic carbocycles. The predicted molar refractivity (Wildman–Crippen MR) is 322 cm³/mol. The number of hydrogen-bond acceptors (Lipinski definition) is 15. The maximum atomic E-state index is 13.0. The lowest BCUT2D eigenvalue weighted by Gasteiger charge is -2.21. The standard InChI is InChI=1S/C62H120O17P2/c1-6-9-12-15-18-21-23-24-25-26-28-31-37-42-47-61(66)78-57(51-73-60(65)46-41-36-30-27-22-19-16-13-10-7-2)53-76-80(68,69)74-49-56(63)50-75-81(70,71)77-54-58(52-72-59(64)45-40-35-29-20-17-14-11-8-3)79-62(67)48-43-38-33-32-34-39-44-55(4)5/h55-58,63H,6-54H2,1-5H3,(H,68,69)(H,70,71)/t56-,57-,58-/m1/s1. The van der Waals surface area contributed by atoms with Gasteiger partial charge in [-0.2, -0.15) is 0 Å². The molecule has 0 aromatic rings. The Labute approximate surface area is 492 Å². The molecule has 19 heteroatoms. The van der Waals surface area contributed by atoms with E-state index in [2.05, 4.69) is 34.6 Å². The fourth-order valence-electron chi connectivity index (χ4n) is 9.23. The molecule has 0 aromatic heterocycles. The van der Waals surface area contributed by atoms with Crippen LogP contribution in [0.3, 0.4) is 0 Å². The lowest BCUT2D eigenvalue weighted by atomic mass is 10.0. The molecule has 0 heterocycles. The van der Waals surface area contributed by atoms with Crippen molar-refractivity contribution in [3.05, 3.63) is 0 Å². The van der Waals surface area contributed by atoms with Crippen molar-refractivity contribution in [1.29, 1.82) is 0 Å². The summed E-state index contributed by atoms with van der Waals surface area (Å²) in [5.74, 6) is -1.47. The van der Waals surface area contributed by atoms with Gasteiger partial charge in [-0.05, 0) is 31.6 Å². The zero-order valence-electron chi connectivity index (χ0n) is 51.9. The summed E-state index contributed by atoms with van der Waals surface area (Å²) in [6, 6.07) is 0. The number of phosphoric ester groups is 2. The molecule has 0 saturated heterocycles. The average molecular weight is 1200 g/mol. The number of ether oxygens (including phenoxy) is 4. The van der Waals surface area contributed by atoms with E-state index in [0.29, 0.717) is 31.6 Å². The second-order valence-corrected chi connectivity index (χ2v) is 25.8. The molecule has 0 amide bonds. The molecule has 0 radical (unpaired) electrons. The van der Waals surface area contributed by atoms with Gasteiger partial charge >= 0.3 is 39.5 Å². The van der Waals surface area contributed by atoms with Crippen LogP contribution in [0.25, 0.3) is 0 Å². The Morgan fingerprint density at radius 1 is 0.333 bits per heavy atom. The Morgan fingerprint density at radius 3 is 0.840 bits per heavy atom. The minimum Gasteiger partial charge on any atom is -0.462 e. The van der Waals surface area contributed by atoms with E-state index in [1.54, 1.807) is 0 Å². The third-order valence-corrected chi connectivity index (χ3v) is 16.2. The normalized spacial score (nSPS) is 14.3. The first-order valence-electron chi connectivity index (χ1n) is 32.6. The molecule has 480 valence electrons. The number of carbonyl (C=O) groups is 4. The molecular weight excluding hydrogens is 1080 g/mol. The maximum absolute atomic E-state index is 13.0. The van der Waals surface area contributed by atoms with Crippen molar-refractivity contribution < 1.29 is 80.2 Å². The number of unbranched alkanes of at least 4 members (excludes halogenated alkanes) is 34. The third kappa shape index (κ3) is 56.9. The molecule has 81 heavy (non-hydrogen) atoms. The highest BCUT2D eigenvalue weighted by Gasteiger charge is 2.30. The minimum absolute atomic E-state index is 0.102. The summed E-state index contributed by atoms with van der Waals surface area (Å²) in [5.41, 5.74) is 0. The lowest BCUT2D eigenvalue weighted by molar-refractivity contribution is -0.161. The van der Waals surface area contributed by atoms with Crippen molar-refractivity contribution in [3.63, 3.8) is 0 Å². The lowest BCUT2D eigenvalue weighted by Crippen LogP contribution is -2.30. The monoisotopic (exact) mass is 1200 g/mol. The van der Waals surface area contributed by atoms with Gasteiger partial charge in [0.05, 0.1) is 26.4 Å². The Balaban J connectivity index is 5.21. The second kappa shape index (κ2) is 55.9. The molecule has 2 unspecified atom stereocenters. The Morgan fingerprint density at radius 2 is 0.568 bits per heavy atom. The highest BCUT2D eigenvalue weighted by molar-refractivity contribution is 7.47. The van der Waals surface area contributed by atoms with Crippen molar-refractivity contribution >= 4 is 39.5 Å². The van der Waals surface area contributed by atoms with Crippen LogP contribution in [0.4, 0.5) is 0 Å². The van der Waals surface area contributed by atoms with Crippen molar-refractivity contribution in [1.82, 2.24) is 0 Å². The van der Waals surface area contributed by atoms with Crippen molar-refractivity contribution in [2.45, 2.75) is 329 Å². The summed E-state index contributed by atoms with van der Waals surface area (Å²) in [4.78, 5) is 72.0. The third-order valence-electron chi connectivity index (χ3n) is 14.3. The summed E-state index contributed by atoms with van der Waals surface area (Å²) >= 11 is 0. The number of esters is 4. The Bertz CT molecular complexity index is 1580. The predicted octanol–water partition coefficient (Wildman–Crippen LogP) is 17.0. The SMILES string of the molecule is CCCCCCCCCCCCCCCCC(=O)O[C@H](COC(=O)CCCCCCCCCCCC)COP(=O)(O)OC[C@@H](O)COP(=O)(O)OC[C@@H](COC(=O)CCCCCCCCCC)OC(=O)CCCCCCCCC(C)C. The smallest absolute Gasteiger partial charge is 0.462 e. The highest BCUT2D eigenvalue weighted by Crippen LogP contribution is 2.45. The Hall–Kier alpha value is -1.94. The van der Waals surface area contributed by atoms with E-state index < -0.39 is 97.5 Å². The largest absolute Gasteiger partial charge is 0.472 e. The van der Waals surface area contributed by atoms with E-state index in [-0.39, 0.29) is 25.7 Å². The summed E-state index contributed by atoms with van der Waals surface area (Å²) in [6.07, 6.45) is 39.1. The molecule has 0 spiro atoms. The van der Waals surface area contributed by atoms with E-state index in [9.17, 15) is 43.2 Å². The number of rotatable bonds is 62. The van der Waals surface area contributed by atoms with Crippen LogP contribution >= 0.6 is 15.6 Å². The van der Waals surface area contributed by atoms with Gasteiger partial charge in [0.1, 0.15) is 19.3 Å². The molecule has 0 bridgehead atoms. The van der Waals surface area contributed by atoms with Crippen LogP contribution in [0.2, 0.25) is 0 Å². The van der Waals surface area contributed by atoms with Crippen LogP contribution in [0, 0.1) is 5.92 Å². The first-order valence-corrected chi connectivity index (χ1v) is 35.6. The molecule has 0 fully saturated rings. The zero-order chi connectivity index (χ0) is 59.9. The van der Waals surface area contributed by atoms with Gasteiger partial charge in [-0.25, -0.2) is 9.13 Å². The van der Waals surface area contributed by atoms with Gasteiger partial charge in [-0.15, -0.1) is 0 Å². The van der Waals surface area contributed by atoms with E-state index in [0.717, 1.165) is 96.3 Å². The molecule has 5 atom stereocenters. The van der Waals surface area contributed by atoms with Crippen molar-refractivity contribution in [3.8, 4) is 0 Å². The molecule has 3 N–H and O–H groups in total. The Kier molecular flexibility index (Phi) is 54.6. The molecule has 0 aromatic carbocycles. The van der Waals surface area contributed by atoms with Gasteiger partial charge in [0.25, 0.3) is 0 Å². The molecule has 17 nitrogen and oxygen atoms in total. The van der Waals surface area contributed by atoms with Crippen LogP contribution in [0.5, 0.6) is 0 Å². The summed E-state index contributed by atoms with van der Waals surface area (Å²) in [7, 11) is -9.88. The number of aliphatic hydroxyl groups excluding tert-OH is 1. The summed E-state index contributed by atoms with van der Waals surface area (Å²) in [6.45, 7) is 7.06. The van der Waals surface area contributed by atoms with E-state index in [1.165, 1.54) is 128 Å². The fourth-order valence-corrected chi connectivity index (χ4v) is 10.8. The van der Waals surface area contributed by atoms with Gasteiger partial charge in [0.15, 0.2) is 12.2 Å². The van der Waals surface area contributed by atoms with Gasteiger partial charge in [-0.1, -0.05) is 259 Å². The first-order chi connectivity index (χ1) is 39.0. The van der Waals surface area contributed by atoms with Crippen LogP contribution < -0.4 is 0 Å². The molecular formula is C62H120O17P2. The minimum atomic E-state index is -4.94. The van der Waals surface area contributed by atoms with E-state index >= 15 is 0 Å². The van der Waals surface area contributed by atoms with Gasteiger partial charge < -0.3 is 33.8 Å². The topological polar surface area (TPSA) is 237 Å². The van der Waals surface area contributed by atoms with Crippen molar-refractivity contribution in [2.75, 3.05) is 39.6 Å². The average Bonchev–Trinajstić information content (AvgIpc) is 3.43. The first kappa shape index (κ1) is 79.1. The van der Waals surface area contributed by atoms with E-state index in [1.807, 2.05) is 0 Å². The van der Waals surface area contributed by atoms with Gasteiger partial charge in [0.2, 0.25) is 0 Å². The molecule has 0 saturated carbocycles. The fraction of sp³-hybridized carbons (Fsp3) is 0.935. The molecule has 0 aliphatic rings. The van der Waals surface area contributed by atoms with Crippen LogP contribution in [-0.2, 0) is 65.4 Å². The molecule has 0 rings (SSSR count). The zero-order valence-corrected chi connectivity index (χ0v) is 53.7. The quantitative estimate of drug-likeness (QED) is 0.0222. The van der Waals surface area contributed by atoms with Crippen LogP contribution in [0.15, 0.2) is 0 Å². The number of hydrogen-bond donors (Lipinski definition) is 3. The number of phosphoric acid groups is 2. The number of carbonyl (C=O) groups excluding carboxylic acids is 4. The second-order valence-electron chi connectivity index (χ2n) is 22.9. The van der Waals surface area contributed by atoms with Gasteiger partial charge in [-0.3, -0.25) is 37.3 Å². The van der Waals surface area contributed by atoms with E-state index in [4.69, 9.17) is 37.0 Å². The summed E-state index contributed by atoms with van der Waals surface area (Å²) < 4.78 is 67.8. The summed E-state index contributed by atoms with van der Waals surface area (Å²) in [5, 5.41) is 10.5. The molecule has 0 aliphatic heterocycles. The van der Waals surface area contributed by atoms with Crippen LogP contribution in [0.1, 0.15) is 311 Å². The van der Waals surface area contributed by atoms with Crippen LogP contribution in [-0.4, -0.2) is 96.7 Å².